The molecule has 278 valence electrons. The monoisotopic (exact) mass is 931 g/mol. The maximum absolute atomic E-state index is 10.7. The van der Waals surface area contributed by atoms with Gasteiger partial charge in [-0.2, -0.15) is 39.5 Å². The van der Waals surface area contributed by atoms with Crippen LogP contribution < -0.4 is 30.8 Å². The second kappa shape index (κ2) is 20.8. The third-order valence-electron chi connectivity index (χ3n) is 4.51. The van der Waals surface area contributed by atoms with Gasteiger partial charge in [0.05, 0.1) is 5.60 Å². The molecule has 2 rings (SSSR count). The third kappa shape index (κ3) is 22.8. The van der Waals surface area contributed by atoms with Crippen molar-refractivity contribution < 1.29 is 108 Å². The van der Waals surface area contributed by atoms with E-state index in [-0.39, 0.29) is 56.0 Å². The molecule has 0 unspecified atom stereocenters. The number of alkyl halides is 9. The number of rotatable bonds is 0. The topological polar surface area (TPSA) is 378 Å². The summed E-state index contributed by atoms with van der Waals surface area (Å²) in [6, 6.07) is 0. The minimum Gasteiger partial charge on any atom is -0.741 e. The quantitative estimate of drug-likeness (QED) is 0.0880. The number of aliphatic hydroxyl groups is 1. The molecule has 45 heavy (non-hydrogen) atoms. The standard InChI is InChI=1S/C13H19O2.3CHF3O3S.5H3N.Os/c1-12-5-4-11(15-3)8-10(12)9-13(2,14)7-6-12;3*2-1(3,4)8(5,6)7;;;;;;/h4-5,8,14H,6-7,9H2,1-3H3;3*(H,5,6,7);5*1H3;/q+1;;;;;;;;;+2/p-3/t12-,13+;;;;;;;;;/m0........./s1. The predicted molar refractivity (Wildman–Crippen MR) is 133 cm³/mol. The molecule has 2 aliphatic rings. The van der Waals surface area contributed by atoms with Crippen LogP contribution in [0.1, 0.15) is 33.1 Å². The van der Waals surface area contributed by atoms with Crippen molar-refractivity contribution in [2.24, 2.45) is 5.41 Å². The molecule has 0 aromatic heterocycles. The molecule has 2 aliphatic carbocycles. The van der Waals surface area contributed by atoms with Crippen molar-refractivity contribution in [3.05, 3.63) is 23.8 Å². The summed E-state index contributed by atoms with van der Waals surface area (Å²) in [6.07, 6.45) is 8.95. The molecule has 16 nitrogen and oxygen atoms in total. The van der Waals surface area contributed by atoms with Crippen LogP contribution in [-0.4, -0.2) is 79.0 Å². The zero-order valence-corrected chi connectivity index (χ0v) is 28.4. The molecule has 29 heteroatoms. The van der Waals surface area contributed by atoms with Gasteiger partial charge < -0.3 is 49.5 Å². The molecule has 0 heterocycles. The SMILES string of the molecule is C[O+]=C1C=C[C@@]2(C)CC[C@@](C)(O)CC2=C1.N.N.N.N.N.O=S(=O)([O-])C(F)(F)F.O=S(=O)([O-])C(F)(F)F.O=S(=O)([O-])C(F)(F)F.[Os+2]. The Labute approximate surface area is 265 Å². The van der Waals surface area contributed by atoms with Crippen molar-refractivity contribution in [1.82, 2.24) is 30.8 Å². The van der Waals surface area contributed by atoms with E-state index in [0.717, 1.165) is 25.0 Å². The van der Waals surface area contributed by atoms with Crippen molar-refractivity contribution in [3.8, 4) is 0 Å². The van der Waals surface area contributed by atoms with Crippen molar-refractivity contribution in [3.63, 3.8) is 0 Å². The second-order valence-corrected chi connectivity index (χ2v) is 12.0. The van der Waals surface area contributed by atoms with Crippen LogP contribution in [0.3, 0.4) is 0 Å². The molecule has 2 atom stereocenters. The first-order valence-corrected chi connectivity index (χ1v) is 13.5. The molecule has 0 saturated heterocycles. The molecule has 1 saturated carbocycles. The van der Waals surface area contributed by atoms with Crippen LogP contribution >= 0.6 is 0 Å². The minimum atomic E-state index is -6.09. The van der Waals surface area contributed by atoms with Gasteiger partial charge >= 0.3 is 42.1 Å². The Bertz CT molecular complexity index is 1190. The minimum absolute atomic E-state index is 0. The van der Waals surface area contributed by atoms with Crippen LogP contribution in [0.25, 0.3) is 0 Å². The smallest absolute Gasteiger partial charge is 0.741 e. The summed E-state index contributed by atoms with van der Waals surface area (Å²) >= 11 is 0. The first-order chi connectivity index (χ1) is 16.7. The molecular weight excluding hydrogens is 896 g/mol. The molecule has 0 aromatic rings. The average Bonchev–Trinajstić information content (AvgIpc) is 2.65. The van der Waals surface area contributed by atoms with Gasteiger partial charge in [-0.3, -0.25) is 4.42 Å². The van der Waals surface area contributed by atoms with E-state index in [4.69, 9.17) is 43.3 Å². The van der Waals surface area contributed by atoms with E-state index in [0.29, 0.717) is 0 Å². The second-order valence-electron chi connectivity index (χ2n) is 7.90. The maximum atomic E-state index is 10.7. The predicted octanol–water partition coefficient (Wildman–Crippen LogP) is 3.12. The molecule has 0 bridgehead atoms. The molecule has 1 fully saturated rings. The fourth-order valence-corrected chi connectivity index (χ4v) is 2.41. The number of carbonyl (C=O) groups excluding carboxylic acids is 1. The number of hydrogen-bond donors (Lipinski definition) is 6. The third-order valence-corrected chi connectivity index (χ3v) is 6.21. The van der Waals surface area contributed by atoms with Crippen LogP contribution in [0, 0.1) is 5.41 Å². The molecular formula is C16H34F9N5O11OsS3. The molecule has 0 aromatic carbocycles. The van der Waals surface area contributed by atoms with E-state index in [1.54, 1.807) is 7.11 Å². The van der Waals surface area contributed by atoms with E-state index in [1.807, 2.05) is 13.0 Å². The Hall–Kier alpha value is -1.35. The summed E-state index contributed by atoms with van der Waals surface area (Å²) in [6.45, 7) is 4.15. The van der Waals surface area contributed by atoms with Gasteiger partial charge in [0.1, 0.15) is 0 Å². The Morgan fingerprint density at radius 3 is 1.20 bits per heavy atom. The fraction of sp³-hybridized carbons (Fsp3) is 0.688. The zero-order valence-electron chi connectivity index (χ0n) is 23.4. The summed E-state index contributed by atoms with van der Waals surface area (Å²) in [5, 5.41) is 10.1. The van der Waals surface area contributed by atoms with Gasteiger partial charge in [-0.25, -0.2) is 25.3 Å². The zero-order chi connectivity index (χ0) is 32.1. The maximum Gasteiger partial charge on any atom is 2.00 e. The van der Waals surface area contributed by atoms with Crippen LogP contribution in [-0.2, 0) is 54.6 Å². The first-order valence-electron chi connectivity index (χ1n) is 9.30. The van der Waals surface area contributed by atoms with Gasteiger partial charge in [-0.1, -0.05) is 13.0 Å². The van der Waals surface area contributed by atoms with E-state index in [2.05, 4.69) is 19.1 Å². The van der Waals surface area contributed by atoms with Crippen LogP contribution in [0.15, 0.2) is 23.8 Å². The van der Waals surface area contributed by atoms with Crippen LogP contribution in [0.5, 0.6) is 0 Å². The molecule has 0 amide bonds. The number of halogens is 9. The number of fused-ring (bicyclic) bond motifs is 1. The normalized spacial score (nSPS) is 21.7. The summed E-state index contributed by atoms with van der Waals surface area (Å²) in [5.74, 6) is 0.889. The van der Waals surface area contributed by atoms with Gasteiger partial charge in [0.15, 0.2) is 30.4 Å². The van der Waals surface area contributed by atoms with Gasteiger partial charge in [0, 0.05) is 17.6 Å². The Morgan fingerprint density at radius 2 is 0.978 bits per heavy atom. The average molecular weight is 930 g/mol. The molecule has 0 spiro atoms. The van der Waals surface area contributed by atoms with Gasteiger partial charge in [-0.05, 0) is 31.8 Å². The first kappa shape index (κ1) is 62.5. The number of allylic oxidation sites excluding steroid dienone is 3. The Morgan fingerprint density at radius 1 is 0.711 bits per heavy atom. The number of hydrogen-bond acceptors (Lipinski definition) is 15. The van der Waals surface area contributed by atoms with Gasteiger partial charge in [0.2, 0.25) is 0 Å². The summed E-state index contributed by atoms with van der Waals surface area (Å²) in [7, 11) is -16.6. The van der Waals surface area contributed by atoms with Crippen LogP contribution in [0.2, 0.25) is 0 Å². The van der Waals surface area contributed by atoms with Gasteiger partial charge in [-0.15, -0.1) is 0 Å². The fourth-order valence-electron chi connectivity index (χ4n) is 2.41. The van der Waals surface area contributed by atoms with Crippen molar-refractivity contribution in [2.45, 2.75) is 55.2 Å². The van der Waals surface area contributed by atoms with Crippen molar-refractivity contribution in [2.75, 3.05) is 7.11 Å². The van der Waals surface area contributed by atoms with E-state index < -0.39 is 52.5 Å². The van der Waals surface area contributed by atoms with E-state index in [9.17, 15) is 44.6 Å². The summed E-state index contributed by atoms with van der Waals surface area (Å²) in [4.78, 5) is 0. The Balaban J connectivity index is -0.0000000679. The molecule has 16 N–H and O–H groups in total. The summed E-state index contributed by atoms with van der Waals surface area (Å²) in [5.41, 5.74) is -16.1. The van der Waals surface area contributed by atoms with Crippen LogP contribution in [0.4, 0.5) is 39.5 Å². The van der Waals surface area contributed by atoms with E-state index in [1.165, 1.54) is 5.57 Å². The largest absolute Gasteiger partial charge is 2.00 e. The molecule has 0 radical (unpaired) electrons. The summed E-state index contributed by atoms with van der Waals surface area (Å²) < 4.78 is 182. The van der Waals surface area contributed by atoms with E-state index >= 15 is 0 Å². The van der Waals surface area contributed by atoms with Crippen molar-refractivity contribution >= 4 is 36.1 Å². The Kier molecular flexibility index (Phi) is 28.9. The van der Waals surface area contributed by atoms with Crippen molar-refractivity contribution in [1.29, 1.82) is 0 Å². The number of ketones is 1. The molecule has 0 aliphatic heterocycles. The van der Waals surface area contributed by atoms with Gasteiger partial charge in [0.25, 0.3) is 7.11 Å².